The lowest BCUT2D eigenvalue weighted by molar-refractivity contribution is 0.750. The van der Waals surface area contributed by atoms with E-state index in [1.165, 1.54) is 11.4 Å². The molecule has 0 bridgehead atoms. The van der Waals surface area contributed by atoms with Gasteiger partial charge >= 0.3 is 0 Å². The maximum Gasteiger partial charge on any atom is 0.107 e. The van der Waals surface area contributed by atoms with E-state index in [-0.39, 0.29) is 0 Å². The molecule has 0 amide bonds. The van der Waals surface area contributed by atoms with Crippen molar-refractivity contribution >= 4 is 11.4 Å². The van der Waals surface area contributed by atoms with Gasteiger partial charge in [0.25, 0.3) is 0 Å². The highest BCUT2D eigenvalue weighted by molar-refractivity contribution is 5.60. The highest BCUT2D eigenvalue weighted by atomic mass is 15.4. The standard InChI is InChI=1S/C16H16N2/c1-14-17(15-8-4-2-5-9-15)12-13-18(14)16-10-6-3-7-11-16/h2-14H,1H3. The fourth-order valence-corrected chi connectivity index (χ4v) is 2.33. The molecular formula is C16H16N2. The fourth-order valence-electron chi connectivity index (χ4n) is 2.33. The van der Waals surface area contributed by atoms with Gasteiger partial charge in [0.1, 0.15) is 6.17 Å². The Morgan fingerprint density at radius 3 is 1.44 bits per heavy atom. The molecule has 0 saturated heterocycles. The van der Waals surface area contributed by atoms with Crippen molar-refractivity contribution in [1.82, 2.24) is 0 Å². The van der Waals surface area contributed by atoms with Crippen LogP contribution in [-0.2, 0) is 0 Å². The van der Waals surface area contributed by atoms with Gasteiger partial charge in [-0.3, -0.25) is 0 Å². The monoisotopic (exact) mass is 236 g/mol. The number of nitrogens with zero attached hydrogens (tertiary/aromatic N) is 2. The zero-order chi connectivity index (χ0) is 12.4. The van der Waals surface area contributed by atoms with Gasteiger partial charge in [-0.05, 0) is 31.2 Å². The Kier molecular flexibility index (Phi) is 2.77. The molecule has 0 spiro atoms. The minimum absolute atomic E-state index is 0.301. The zero-order valence-electron chi connectivity index (χ0n) is 10.4. The Labute approximate surface area is 108 Å². The molecule has 0 aliphatic carbocycles. The van der Waals surface area contributed by atoms with Gasteiger partial charge in [0.05, 0.1) is 0 Å². The van der Waals surface area contributed by atoms with Crippen LogP contribution in [0.4, 0.5) is 11.4 Å². The zero-order valence-corrected chi connectivity index (χ0v) is 10.4. The van der Waals surface area contributed by atoms with Gasteiger partial charge in [-0.15, -0.1) is 0 Å². The second kappa shape index (κ2) is 4.57. The smallest absolute Gasteiger partial charge is 0.107 e. The second-order valence-electron chi connectivity index (χ2n) is 4.42. The Balaban J connectivity index is 1.86. The Morgan fingerprint density at radius 1 is 0.667 bits per heavy atom. The minimum Gasteiger partial charge on any atom is -0.326 e. The van der Waals surface area contributed by atoms with E-state index in [1.807, 2.05) is 12.1 Å². The molecule has 2 nitrogen and oxygen atoms in total. The largest absolute Gasteiger partial charge is 0.326 e. The summed E-state index contributed by atoms with van der Waals surface area (Å²) in [4.78, 5) is 4.54. The molecule has 2 heteroatoms. The van der Waals surface area contributed by atoms with E-state index < -0.39 is 0 Å². The third-order valence-corrected chi connectivity index (χ3v) is 3.30. The molecule has 3 rings (SSSR count). The number of hydrogen-bond donors (Lipinski definition) is 0. The average molecular weight is 236 g/mol. The molecule has 0 unspecified atom stereocenters. The Hall–Kier alpha value is -2.22. The maximum absolute atomic E-state index is 2.27. The summed E-state index contributed by atoms with van der Waals surface area (Å²) in [5.74, 6) is 0. The quantitative estimate of drug-likeness (QED) is 0.782. The van der Waals surface area contributed by atoms with Gasteiger partial charge in [-0.2, -0.15) is 0 Å². The molecule has 1 heterocycles. The molecule has 2 aromatic rings. The van der Waals surface area contributed by atoms with Crippen molar-refractivity contribution in [2.75, 3.05) is 9.80 Å². The number of para-hydroxylation sites is 2. The van der Waals surface area contributed by atoms with Crippen molar-refractivity contribution in [1.29, 1.82) is 0 Å². The molecular weight excluding hydrogens is 220 g/mol. The van der Waals surface area contributed by atoms with Crippen LogP contribution < -0.4 is 9.80 Å². The predicted molar refractivity (Wildman–Crippen MR) is 76.4 cm³/mol. The lowest BCUT2D eigenvalue weighted by Gasteiger charge is -2.29. The lowest BCUT2D eigenvalue weighted by Crippen LogP contribution is -2.35. The normalized spacial score (nSPS) is 15.4. The van der Waals surface area contributed by atoms with E-state index >= 15 is 0 Å². The van der Waals surface area contributed by atoms with Crippen molar-refractivity contribution in [3.05, 3.63) is 73.1 Å². The first-order valence-electron chi connectivity index (χ1n) is 6.21. The van der Waals surface area contributed by atoms with Gasteiger partial charge in [-0.25, -0.2) is 0 Å². The molecule has 0 saturated carbocycles. The van der Waals surface area contributed by atoms with Crippen LogP contribution in [0.25, 0.3) is 0 Å². The van der Waals surface area contributed by atoms with Crippen molar-refractivity contribution in [2.24, 2.45) is 0 Å². The maximum atomic E-state index is 2.27. The van der Waals surface area contributed by atoms with E-state index in [4.69, 9.17) is 0 Å². The SMILES string of the molecule is CC1N(c2ccccc2)C=CN1c1ccccc1. The minimum atomic E-state index is 0.301. The predicted octanol–water partition coefficient (Wildman–Crippen LogP) is 3.83. The van der Waals surface area contributed by atoms with E-state index in [2.05, 4.69) is 77.7 Å². The fraction of sp³-hybridized carbons (Fsp3) is 0.125. The topological polar surface area (TPSA) is 6.48 Å². The summed E-state index contributed by atoms with van der Waals surface area (Å²) < 4.78 is 0. The van der Waals surface area contributed by atoms with Crippen molar-refractivity contribution in [3.8, 4) is 0 Å². The third-order valence-electron chi connectivity index (χ3n) is 3.30. The number of benzene rings is 2. The van der Waals surface area contributed by atoms with Gasteiger partial charge in [0, 0.05) is 23.8 Å². The molecule has 90 valence electrons. The summed E-state index contributed by atoms with van der Waals surface area (Å²) in [6.45, 7) is 2.21. The lowest BCUT2D eigenvalue weighted by atomic mass is 10.2. The van der Waals surface area contributed by atoms with E-state index in [1.54, 1.807) is 0 Å². The van der Waals surface area contributed by atoms with Crippen LogP contribution >= 0.6 is 0 Å². The van der Waals surface area contributed by atoms with Crippen LogP contribution in [0.15, 0.2) is 73.1 Å². The molecule has 1 aliphatic rings. The highest BCUT2D eigenvalue weighted by Gasteiger charge is 2.23. The molecule has 1 aliphatic heterocycles. The van der Waals surface area contributed by atoms with Crippen molar-refractivity contribution < 1.29 is 0 Å². The molecule has 0 fully saturated rings. The Morgan fingerprint density at radius 2 is 1.06 bits per heavy atom. The summed E-state index contributed by atoms with van der Waals surface area (Å²) in [6.07, 6.45) is 4.56. The summed E-state index contributed by atoms with van der Waals surface area (Å²) >= 11 is 0. The van der Waals surface area contributed by atoms with Crippen LogP contribution in [0, 0.1) is 0 Å². The van der Waals surface area contributed by atoms with Gasteiger partial charge < -0.3 is 9.80 Å². The second-order valence-corrected chi connectivity index (χ2v) is 4.42. The first-order valence-corrected chi connectivity index (χ1v) is 6.21. The van der Waals surface area contributed by atoms with Gasteiger partial charge in [0.15, 0.2) is 0 Å². The third kappa shape index (κ3) is 1.86. The highest BCUT2D eigenvalue weighted by Crippen LogP contribution is 2.28. The Bertz CT molecular complexity index is 484. The number of anilines is 2. The van der Waals surface area contributed by atoms with Crippen LogP contribution in [0.3, 0.4) is 0 Å². The molecule has 0 atom stereocenters. The van der Waals surface area contributed by atoms with Crippen molar-refractivity contribution in [2.45, 2.75) is 13.1 Å². The number of hydrogen-bond acceptors (Lipinski definition) is 2. The number of rotatable bonds is 2. The summed E-state index contributed by atoms with van der Waals surface area (Å²) in [5, 5.41) is 0. The molecule has 0 N–H and O–H groups in total. The van der Waals surface area contributed by atoms with E-state index in [9.17, 15) is 0 Å². The van der Waals surface area contributed by atoms with Crippen LogP contribution in [0.1, 0.15) is 6.92 Å². The molecule has 2 aromatic carbocycles. The van der Waals surface area contributed by atoms with Gasteiger partial charge in [-0.1, -0.05) is 36.4 Å². The first kappa shape index (κ1) is 10.9. The average Bonchev–Trinajstić information content (AvgIpc) is 2.83. The van der Waals surface area contributed by atoms with Crippen molar-refractivity contribution in [3.63, 3.8) is 0 Å². The van der Waals surface area contributed by atoms with E-state index in [0.717, 1.165) is 0 Å². The van der Waals surface area contributed by atoms with E-state index in [0.29, 0.717) is 6.17 Å². The summed E-state index contributed by atoms with van der Waals surface area (Å²) in [6, 6.07) is 20.9. The molecule has 0 aromatic heterocycles. The first-order chi connectivity index (χ1) is 8.86. The molecule has 18 heavy (non-hydrogen) atoms. The summed E-state index contributed by atoms with van der Waals surface area (Å²) in [5.41, 5.74) is 2.44. The summed E-state index contributed by atoms with van der Waals surface area (Å²) in [7, 11) is 0. The van der Waals surface area contributed by atoms with Crippen LogP contribution in [0.2, 0.25) is 0 Å². The van der Waals surface area contributed by atoms with Crippen LogP contribution in [-0.4, -0.2) is 6.17 Å². The molecule has 0 radical (unpaired) electrons. The van der Waals surface area contributed by atoms with Gasteiger partial charge in [0.2, 0.25) is 0 Å². The van der Waals surface area contributed by atoms with Crippen LogP contribution in [0.5, 0.6) is 0 Å².